The number of benzene rings is 1. The third-order valence-corrected chi connectivity index (χ3v) is 4.84. The van der Waals surface area contributed by atoms with E-state index in [1.807, 2.05) is 0 Å². The lowest BCUT2D eigenvalue weighted by Crippen LogP contribution is -2.32. The molecule has 2 rings (SSSR count). The van der Waals surface area contributed by atoms with Crippen LogP contribution in [0.2, 0.25) is 0 Å². The van der Waals surface area contributed by atoms with E-state index in [1.165, 1.54) is 0 Å². The lowest BCUT2D eigenvalue weighted by molar-refractivity contribution is -0.126. The molecule has 116 valence electrons. The molecule has 1 aliphatic rings. The smallest absolute Gasteiger partial charge is 0.251 e. The van der Waals surface area contributed by atoms with Gasteiger partial charge >= 0.3 is 0 Å². The van der Waals surface area contributed by atoms with E-state index >= 15 is 0 Å². The molecule has 5 nitrogen and oxygen atoms in total. The molecule has 1 heterocycles. The monoisotopic (exact) mass is 326 g/mol. The van der Waals surface area contributed by atoms with Crippen LogP contribution >= 0.6 is 0 Å². The van der Waals surface area contributed by atoms with E-state index in [2.05, 4.69) is 0 Å². The molecule has 1 aliphatic heterocycles. The lowest BCUT2D eigenvalue weighted by atomic mass is 10.3. The van der Waals surface area contributed by atoms with Crippen molar-refractivity contribution in [3.05, 3.63) is 29.3 Å². The van der Waals surface area contributed by atoms with Crippen LogP contribution in [0.15, 0.2) is 11.0 Å². The average Bonchev–Trinajstić information content (AvgIpc) is 2.78. The van der Waals surface area contributed by atoms with Crippen LogP contribution in [0.5, 0.6) is 0 Å². The van der Waals surface area contributed by atoms with Crippen molar-refractivity contribution in [2.75, 3.05) is 19.8 Å². The molecule has 0 aromatic heterocycles. The summed E-state index contributed by atoms with van der Waals surface area (Å²) in [5.41, 5.74) is 0. The van der Waals surface area contributed by atoms with Crippen molar-refractivity contribution < 1.29 is 30.8 Å². The van der Waals surface area contributed by atoms with Crippen molar-refractivity contribution in [2.45, 2.75) is 11.8 Å². The summed E-state index contributed by atoms with van der Waals surface area (Å²) in [5.74, 6) is -8.26. The van der Waals surface area contributed by atoms with Crippen LogP contribution < -0.4 is 0 Å². The highest BCUT2D eigenvalue weighted by Crippen LogP contribution is 2.28. The van der Waals surface area contributed by atoms with E-state index < -0.39 is 57.3 Å². The molecule has 0 spiro atoms. The number of hydrogen-bond donors (Lipinski definition) is 0. The molecule has 1 fully saturated rings. The number of sulfonamides is 1. The Balaban J connectivity index is 2.54. The van der Waals surface area contributed by atoms with Crippen LogP contribution in [0.25, 0.3) is 0 Å². The van der Waals surface area contributed by atoms with Gasteiger partial charge in [-0.2, -0.15) is 4.31 Å². The summed E-state index contributed by atoms with van der Waals surface area (Å²) in [5, 5.41) is 0. The zero-order chi connectivity index (χ0) is 15.9. The van der Waals surface area contributed by atoms with E-state index in [0.717, 1.165) is 4.90 Å². The summed E-state index contributed by atoms with van der Waals surface area (Å²) in [4.78, 5) is 10.9. The van der Waals surface area contributed by atoms with Gasteiger partial charge in [-0.05, 0) is 6.92 Å². The number of carbonyl (C=O) groups excluding carboxylic acids is 1. The summed E-state index contributed by atoms with van der Waals surface area (Å²) >= 11 is 0. The number of halogens is 4. The zero-order valence-corrected chi connectivity index (χ0v) is 11.6. The van der Waals surface area contributed by atoms with E-state index in [9.17, 15) is 30.8 Å². The van der Waals surface area contributed by atoms with Gasteiger partial charge < -0.3 is 4.90 Å². The SMILES string of the molecule is CCN1CN(S(=O)(=O)c2c(F)c(F)cc(F)c2F)CC1=O. The second kappa shape index (κ2) is 5.26. The first kappa shape index (κ1) is 15.7. The minimum Gasteiger partial charge on any atom is -0.328 e. The molecule has 0 unspecified atom stereocenters. The van der Waals surface area contributed by atoms with Crippen LogP contribution in [-0.2, 0) is 14.8 Å². The highest BCUT2D eigenvalue weighted by molar-refractivity contribution is 7.89. The van der Waals surface area contributed by atoms with Gasteiger partial charge in [0.1, 0.15) is 0 Å². The first-order chi connectivity index (χ1) is 9.70. The Bertz CT molecular complexity index is 682. The van der Waals surface area contributed by atoms with Crippen molar-refractivity contribution in [1.29, 1.82) is 0 Å². The molecule has 0 aliphatic carbocycles. The molecule has 0 bridgehead atoms. The zero-order valence-electron chi connectivity index (χ0n) is 10.7. The molecule has 0 saturated carbocycles. The van der Waals surface area contributed by atoms with Crippen LogP contribution in [-0.4, -0.2) is 43.3 Å². The van der Waals surface area contributed by atoms with Crippen LogP contribution in [0, 0.1) is 23.3 Å². The Morgan fingerprint density at radius 3 is 2.10 bits per heavy atom. The largest absolute Gasteiger partial charge is 0.328 e. The van der Waals surface area contributed by atoms with Crippen LogP contribution in [0.1, 0.15) is 6.92 Å². The van der Waals surface area contributed by atoms with E-state index in [0.29, 0.717) is 4.31 Å². The topological polar surface area (TPSA) is 57.7 Å². The maximum Gasteiger partial charge on any atom is 0.251 e. The summed E-state index contributed by atoms with van der Waals surface area (Å²) in [6.45, 7) is 0.687. The first-order valence-electron chi connectivity index (χ1n) is 5.81. The van der Waals surface area contributed by atoms with Crippen molar-refractivity contribution in [2.24, 2.45) is 0 Å². The molecule has 0 radical (unpaired) electrons. The third-order valence-electron chi connectivity index (χ3n) is 3.04. The number of carbonyl (C=O) groups is 1. The van der Waals surface area contributed by atoms with Crippen molar-refractivity contribution >= 4 is 15.9 Å². The van der Waals surface area contributed by atoms with Gasteiger partial charge in [0, 0.05) is 12.6 Å². The van der Waals surface area contributed by atoms with Gasteiger partial charge in [-0.25, -0.2) is 26.0 Å². The van der Waals surface area contributed by atoms with Gasteiger partial charge in [0.15, 0.2) is 28.2 Å². The summed E-state index contributed by atoms with van der Waals surface area (Å²) in [6, 6.07) is -0.0861. The fraction of sp³-hybridized carbons (Fsp3) is 0.364. The molecule has 1 saturated heterocycles. The fourth-order valence-electron chi connectivity index (χ4n) is 1.91. The van der Waals surface area contributed by atoms with E-state index in [4.69, 9.17) is 0 Å². The Kier molecular flexibility index (Phi) is 3.93. The molecule has 1 aromatic carbocycles. The molecule has 0 atom stereocenters. The molecule has 0 N–H and O–H groups in total. The molecule has 10 heteroatoms. The fourth-order valence-corrected chi connectivity index (χ4v) is 3.39. The first-order valence-corrected chi connectivity index (χ1v) is 7.25. The number of hydrogen-bond acceptors (Lipinski definition) is 3. The van der Waals surface area contributed by atoms with Gasteiger partial charge in [0.2, 0.25) is 5.91 Å². The predicted molar refractivity (Wildman–Crippen MR) is 62.4 cm³/mol. The summed E-state index contributed by atoms with van der Waals surface area (Å²) in [7, 11) is -4.88. The lowest BCUT2D eigenvalue weighted by Gasteiger charge is -2.17. The third kappa shape index (κ3) is 2.48. The average molecular weight is 326 g/mol. The number of rotatable bonds is 3. The quantitative estimate of drug-likeness (QED) is 0.616. The van der Waals surface area contributed by atoms with Crippen molar-refractivity contribution in [3.63, 3.8) is 0 Å². The van der Waals surface area contributed by atoms with Gasteiger partial charge in [-0.1, -0.05) is 0 Å². The van der Waals surface area contributed by atoms with Gasteiger partial charge in [-0.3, -0.25) is 4.79 Å². The standard InChI is InChI=1S/C11H10F4N2O3S/c1-2-16-5-17(4-8(16)18)21(19,20)11-9(14)6(12)3-7(13)10(11)15/h3H,2,4-5H2,1H3. The molecule has 21 heavy (non-hydrogen) atoms. The van der Waals surface area contributed by atoms with Gasteiger partial charge in [-0.15, -0.1) is 0 Å². The minimum atomic E-state index is -4.88. The Morgan fingerprint density at radius 2 is 1.67 bits per heavy atom. The summed E-state index contributed by atoms with van der Waals surface area (Å²) in [6.07, 6.45) is 0. The van der Waals surface area contributed by atoms with Crippen LogP contribution in [0.3, 0.4) is 0 Å². The number of amides is 1. The number of nitrogens with zero attached hydrogens (tertiary/aromatic N) is 2. The maximum absolute atomic E-state index is 13.6. The van der Waals surface area contributed by atoms with E-state index in [-0.39, 0.29) is 12.6 Å². The molecule has 1 aromatic rings. The van der Waals surface area contributed by atoms with Crippen LogP contribution in [0.4, 0.5) is 17.6 Å². The molecular formula is C11H10F4N2O3S. The maximum atomic E-state index is 13.6. The molecule has 1 amide bonds. The molecular weight excluding hydrogens is 316 g/mol. The highest BCUT2D eigenvalue weighted by atomic mass is 32.2. The van der Waals surface area contributed by atoms with Gasteiger partial charge in [0.05, 0.1) is 13.2 Å². The Labute approximate surface area is 117 Å². The van der Waals surface area contributed by atoms with E-state index in [1.54, 1.807) is 6.92 Å². The second-order valence-corrected chi connectivity index (χ2v) is 6.18. The second-order valence-electron chi connectivity index (χ2n) is 4.30. The summed E-state index contributed by atoms with van der Waals surface area (Å²) < 4.78 is 78.1. The minimum absolute atomic E-state index is 0.0861. The van der Waals surface area contributed by atoms with Crippen molar-refractivity contribution in [3.8, 4) is 0 Å². The Morgan fingerprint density at radius 1 is 1.14 bits per heavy atom. The van der Waals surface area contributed by atoms with Crippen molar-refractivity contribution in [1.82, 2.24) is 9.21 Å². The normalized spacial score (nSPS) is 16.8. The highest BCUT2D eigenvalue weighted by Gasteiger charge is 2.40. The van der Waals surface area contributed by atoms with Gasteiger partial charge in [0.25, 0.3) is 10.0 Å². The number of likely N-dealkylation sites (N-methyl/N-ethyl adjacent to an activating group) is 1. The predicted octanol–water partition coefficient (Wildman–Crippen LogP) is 1.05. The Hall–Kier alpha value is -1.68.